The fourth-order valence-corrected chi connectivity index (χ4v) is 2.41. The van der Waals surface area contributed by atoms with Crippen LogP contribution in [0.15, 0.2) is 53.5 Å². The van der Waals surface area contributed by atoms with Crippen molar-refractivity contribution < 1.29 is 4.79 Å². The first-order valence-electron chi connectivity index (χ1n) is 7.99. The number of rotatable bonds is 4. The number of aryl methyl sites for hydroxylation is 2. The largest absolute Gasteiger partial charge is 0.356 e. The molecule has 5 nitrogen and oxygen atoms in total. The summed E-state index contributed by atoms with van der Waals surface area (Å²) < 4.78 is 0. The Hall–Kier alpha value is -2.82. The molecule has 3 N–H and O–H groups in total. The lowest BCUT2D eigenvalue weighted by Gasteiger charge is -2.14. The number of nitrogens with zero attached hydrogens (tertiary/aromatic N) is 1. The van der Waals surface area contributed by atoms with Crippen molar-refractivity contribution >= 4 is 17.7 Å². The van der Waals surface area contributed by atoms with Gasteiger partial charge in [-0.2, -0.15) is 0 Å². The number of urea groups is 1. The number of guanidine groups is 1. The molecule has 0 aliphatic rings. The Morgan fingerprint density at radius 1 is 1.00 bits per heavy atom. The van der Waals surface area contributed by atoms with Crippen molar-refractivity contribution in [2.24, 2.45) is 4.99 Å². The predicted molar refractivity (Wildman–Crippen MR) is 99.6 cm³/mol. The zero-order valence-electron chi connectivity index (χ0n) is 14.4. The molecule has 0 unspecified atom stereocenters. The van der Waals surface area contributed by atoms with Crippen molar-refractivity contribution in [2.45, 2.75) is 20.3 Å². The van der Waals surface area contributed by atoms with E-state index in [0.717, 1.165) is 23.2 Å². The molecule has 0 saturated heterocycles. The van der Waals surface area contributed by atoms with Crippen molar-refractivity contribution in [2.75, 3.05) is 18.9 Å². The summed E-state index contributed by atoms with van der Waals surface area (Å²) in [6, 6.07) is 15.8. The topological polar surface area (TPSA) is 65.5 Å². The molecular weight excluding hydrogens is 300 g/mol. The summed E-state index contributed by atoms with van der Waals surface area (Å²) in [4.78, 5) is 16.3. The van der Waals surface area contributed by atoms with Gasteiger partial charge in [0.1, 0.15) is 0 Å². The van der Waals surface area contributed by atoms with Gasteiger partial charge in [-0.15, -0.1) is 0 Å². The Labute approximate surface area is 143 Å². The van der Waals surface area contributed by atoms with Crippen molar-refractivity contribution in [1.82, 2.24) is 10.6 Å². The van der Waals surface area contributed by atoms with E-state index in [1.54, 1.807) is 7.05 Å². The normalized spacial score (nSPS) is 11.0. The molecule has 0 radical (unpaired) electrons. The van der Waals surface area contributed by atoms with Gasteiger partial charge in [-0.1, -0.05) is 48.5 Å². The minimum Gasteiger partial charge on any atom is -0.356 e. The molecule has 0 spiro atoms. The van der Waals surface area contributed by atoms with Gasteiger partial charge < -0.3 is 10.6 Å². The number of amides is 2. The first-order valence-corrected chi connectivity index (χ1v) is 7.99. The number of hydrogen-bond donors (Lipinski definition) is 3. The molecule has 5 heteroatoms. The van der Waals surface area contributed by atoms with Crippen molar-refractivity contribution in [3.8, 4) is 0 Å². The van der Waals surface area contributed by atoms with E-state index < -0.39 is 0 Å². The van der Waals surface area contributed by atoms with Gasteiger partial charge >= 0.3 is 6.03 Å². The van der Waals surface area contributed by atoms with Crippen LogP contribution in [-0.4, -0.2) is 25.6 Å². The smallest absolute Gasteiger partial charge is 0.326 e. The molecule has 2 rings (SSSR count). The minimum atomic E-state index is -0.305. The van der Waals surface area contributed by atoms with Crippen LogP contribution in [0.4, 0.5) is 10.5 Å². The molecule has 0 bridgehead atoms. The number of nitrogens with one attached hydrogen (secondary N) is 3. The lowest BCUT2D eigenvalue weighted by Crippen LogP contribution is -2.43. The molecular formula is C19H24N4O. The molecule has 2 aromatic rings. The maximum Gasteiger partial charge on any atom is 0.326 e. The highest BCUT2D eigenvalue weighted by atomic mass is 16.2. The Morgan fingerprint density at radius 2 is 1.67 bits per heavy atom. The van der Waals surface area contributed by atoms with Gasteiger partial charge in [0.15, 0.2) is 5.96 Å². The maximum absolute atomic E-state index is 12.2. The van der Waals surface area contributed by atoms with E-state index in [1.807, 2.05) is 50.2 Å². The second kappa shape index (κ2) is 8.72. The number of carbonyl (C=O) groups is 1. The van der Waals surface area contributed by atoms with Crippen LogP contribution in [0.2, 0.25) is 0 Å². The monoisotopic (exact) mass is 324 g/mol. The van der Waals surface area contributed by atoms with Crippen LogP contribution in [0.3, 0.4) is 0 Å². The molecule has 0 aromatic heterocycles. The van der Waals surface area contributed by atoms with Crippen LogP contribution < -0.4 is 16.0 Å². The predicted octanol–water partition coefficient (Wildman–Crippen LogP) is 3.24. The van der Waals surface area contributed by atoms with Gasteiger partial charge in [0, 0.05) is 19.3 Å². The van der Waals surface area contributed by atoms with E-state index in [1.165, 1.54) is 5.56 Å². The van der Waals surface area contributed by atoms with E-state index in [0.29, 0.717) is 12.5 Å². The van der Waals surface area contributed by atoms with Gasteiger partial charge in [-0.3, -0.25) is 10.3 Å². The first-order chi connectivity index (χ1) is 11.6. The van der Waals surface area contributed by atoms with E-state index in [9.17, 15) is 4.79 Å². The van der Waals surface area contributed by atoms with Crippen LogP contribution in [-0.2, 0) is 6.42 Å². The Morgan fingerprint density at radius 3 is 2.29 bits per heavy atom. The Bertz CT molecular complexity index is 690. The van der Waals surface area contributed by atoms with Gasteiger partial charge in [0.25, 0.3) is 0 Å². The van der Waals surface area contributed by atoms with Crippen LogP contribution in [0.25, 0.3) is 0 Å². The number of anilines is 1. The van der Waals surface area contributed by atoms with Gasteiger partial charge in [0.2, 0.25) is 0 Å². The zero-order valence-corrected chi connectivity index (χ0v) is 14.4. The highest BCUT2D eigenvalue weighted by molar-refractivity contribution is 6.02. The van der Waals surface area contributed by atoms with Gasteiger partial charge in [-0.25, -0.2) is 4.79 Å². The highest BCUT2D eigenvalue weighted by Gasteiger charge is 2.09. The summed E-state index contributed by atoms with van der Waals surface area (Å²) in [5.41, 5.74) is 4.12. The molecule has 0 aliphatic carbocycles. The van der Waals surface area contributed by atoms with E-state index >= 15 is 0 Å². The van der Waals surface area contributed by atoms with Crippen LogP contribution >= 0.6 is 0 Å². The maximum atomic E-state index is 12.2. The average molecular weight is 324 g/mol. The number of benzene rings is 2. The third-order valence-corrected chi connectivity index (χ3v) is 3.72. The van der Waals surface area contributed by atoms with Crippen molar-refractivity contribution in [1.29, 1.82) is 0 Å². The fourth-order valence-electron chi connectivity index (χ4n) is 2.41. The summed E-state index contributed by atoms with van der Waals surface area (Å²) in [5, 5.41) is 8.77. The van der Waals surface area contributed by atoms with Crippen LogP contribution in [0, 0.1) is 13.8 Å². The zero-order chi connectivity index (χ0) is 17.4. The summed E-state index contributed by atoms with van der Waals surface area (Å²) in [5.74, 6) is 0.453. The highest BCUT2D eigenvalue weighted by Crippen LogP contribution is 2.18. The standard InChI is InChI=1S/C19H24N4O/c1-14-8-7-9-15(2)17(14)22-19(24)23-18(20-3)21-13-12-16-10-5-4-6-11-16/h4-11H,12-13H2,1-3H3,(H3,20,21,22,23,24). The number of hydrogen-bond acceptors (Lipinski definition) is 2. The van der Waals surface area contributed by atoms with E-state index in [4.69, 9.17) is 0 Å². The molecule has 0 heterocycles. The third kappa shape index (κ3) is 5.12. The minimum absolute atomic E-state index is 0.305. The molecule has 126 valence electrons. The fraction of sp³-hybridized carbons (Fsp3) is 0.263. The van der Waals surface area contributed by atoms with Crippen LogP contribution in [0.5, 0.6) is 0 Å². The second-order valence-electron chi connectivity index (χ2n) is 5.58. The lowest BCUT2D eigenvalue weighted by atomic mass is 10.1. The Balaban J connectivity index is 1.85. The van der Waals surface area contributed by atoms with E-state index in [-0.39, 0.29) is 6.03 Å². The quantitative estimate of drug-likeness (QED) is 0.597. The summed E-state index contributed by atoms with van der Waals surface area (Å²) >= 11 is 0. The van der Waals surface area contributed by atoms with E-state index in [2.05, 4.69) is 33.1 Å². The molecule has 2 amide bonds. The number of aliphatic imine (C=N–C) groups is 1. The first kappa shape index (κ1) is 17.5. The molecule has 2 aromatic carbocycles. The van der Waals surface area contributed by atoms with Crippen molar-refractivity contribution in [3.63, 3.8) is 0 Å². The average Bonchev–Trinajstić information content (AvgIpc) is 2.58. The summed E-state index contributed by atoms with van der Waals surface area (Å²) in [7, 11) is 1.64. The van der Waals surface area contributed by atoms with Crippen molar-refractivity contribution in [3.05, 3.63) is 65.2 Å². The number of para-hydroxylation sites is 1. The van der Waals surface area contributed by atoms with Gasteiger partial charge in [0.05, 0.1) is 0 Å². The molecule has 0 saturated carbocycles. The molecule has 0 atom stereocenters. The number of carbonyl (C=O) groups excluding carboxylic acids is 1. The molecule has 24 heavy (non-hydrogen) atoms. The lowest BCUT2D eigenvalue weighted by molar-refractivity contribution is 0.256. The Kier molecular flexibility index (Phi) is 6.37. The summed E-state index contributed by atoms with van der Waals surface area (Å²) in [6.07, 6.45) is 0.861. The van der Waals surface area contributed by atoms with Gasteiger partial charge in [-0.05, 0) is 37.0 Å². The third-order valence-electron chi connectivity index (χ3n) is 3.72. The van der Waals surface area contributed by atoms with Crippen LogP contribution in [0.1, 0.15) is 16.7 Å². The summed E-state index contributed by atoms with van der Waals surface area (Å²) in [6.45, 7) is 4.63. The second-order valence-corrected chi connectivity index (χ2v) is 5.58. The molecule has 0 fully saturated rings. The SMILES string of the molecule is CN=C(NCCc1ccccc1)NC(=O)Nc1c(C)cccc1C. The molecule has 0 aliphatic heterocycles.